The largest absolute Gasteiger partial charge is 0.365 e. The van der Waals surface area contributed by atoms with E-state index in [0.717, 1.165) is 31.6 Å². The summed E-state index contributed by atoms with van der Waals surface area (Å²) in [7, 11) is 0. The van der Waals surface area contributed by atoms with Crippen LogP contribution in [0.25, 0.3) is 0 Å². The first-order valence-electron chi connectivity index (χ1n) is 6.08. The third kappa shape index (κ3) is 2.39. The zero-order valence-electron chi connectivity index (χ0n) is 10.6. The predicted octanol–water partition coefficient (Wildman–Crippen LogP) is -0.234. The number of fused-ring (bicyclic) bond motifs is 1. The molecule has 1 atom stereocenters. The summed E-state index contributed by atoms with van der Waals surface area (Å²) in [6.07, 6.45) is 0.854. The highest BCUT2D eigenvalue weighted by atomic mass is 32.1. The number of rotatable bonds is 3. The van der Waals surface area contributed by atoms with Crippen molar-refractivity contribution in [3.8, 4) is 0 Å². The van der Waals surface area contributed by atoms with Gasteiger partial charge < -0.3 is 16.0 Å². The summed E-state index contributed by atoms with van der Waals surface area (Å²) in [6, 6.07) is 0. The van der Waals surface area contributed by atoms with Gasteiger partial charge in [0, 0.05) is 13.3 Å². The molecule has 0 saturated heterocycles. The standard InChI is InChI=1S/C12H17N3O2S/c1-3-15-5-4-8-9(6-15)18-12(14-7(2)16)10(8)11(13)17/h3-6H2,1-2H3,(H2,13,17)(H,14,16)/p+1. The van der Waals surface area contributed by atoms with Crippen molar-refractivity contribution in [1.29, 1.82) is 0 Å². The first kappa shape index (κ1) is 13.0. The van der Waals surface area contributed by atoms with Crippen LogP contribution in [0.5, 0.6) is 0 Å². The van der Waals surface area contributed by atoms with Gasteiger partial charge in [0.1, 0.15) is 11.5 Å². The molecule has 0 bridgehead atoms. The van der Waals surface area contributed by atoms with E-state index in [-0.39, 0.29) is 5.91 Å². The molecule has 0 spiro atoms. The minimum atomic E-state index is -0.448. The van der Waals surface area contributed by atoms with E-state index in [4.69, 9.17) is 5.73 Å². The van der Waals surface area contributed by atoms with Crippen molar-refractivity contribution >= 4 is 28.2 Å². The molecule has 18 heavy (non-hydrogen) atoms. The summed E-state index contributed by atoms with van der Waals surface area (Å²) < 4.78 is 0. The van der Waals surface area contributed by atoms with E-state index in [0.29, 0.717) is 10.6 Å². The van der Waals surface area contributed by atoms with Gasteiger partial charge in [-0.15, -0.1) is 11.3 Å². The molecule has 0 radical (unpaired) electrons. The van der Waals surface area contributed by atoms with Crippen LogP contribution in [0.4, 0.5) is 5.00 Å². The zero-order valence-corrected chi connectivity index (χ0v) is 11.4. The van der Waals surface area contributed by atoms with Crippen LogP contribution in [0.2, 0.25) is 0 Å². The number of likely N-dealkylation sites (N-methyl/N-ethyl adjacent to an activating group) is 1. The van der Waals surface area contributed by atoms with E-state index in [1.165, 1.54) is 28.0 Å². The van der Waals surface area contributed by atoms with Crippen LogP contribution >= 0.6 is 11.3 Å². The third-order valence-electron chi connectivity index (χ3n) is 3.27. The number of thiophene rings is 1. The van der Waals surface area contributed by atoms with Gasteiger partial charge in [0.25, 0.3) is 5.91 Å². The lowest BCUT2D eigenvalue weighted by molar-refractivity contribution is -0.913. The molecule has 0 aliphatic carbocycles. The predicted molar refractivity (Wildman–Crippen MR) is 70.9 cm³/mol. The van der Waals surface area contributed by atoms with E-state index in [1.54, 1.807) is 0 Å². The lowest BCUT2D eigenvalue weighted by atomic mass is 10.0. The Morgan fingerprint density at radius 2 is 2.22 bits per heavy atom. The average Bonchev–Trinajstić information content (AvgIpc) is 2.64. The Kier molecular flexibility index (Phi) is 3.68. The Morgan fingerprint density at radius 1 is 1.50 bits per heavy atom. The second-order valence-electron chi connectivity index (χ2n) is 4.53. The van der Waals surface area contributed by atoms with Gasteiger partial charge in [-0.2, -0.15) is 0 Å². The van der Waals surface area contributed by atoms with Crippen LogP contribution in [-0.2, 0) is 17.8 Å². The maximum Gasteiger partial charge on any atom is 0.252 e. The number of amides is 2. The topological polar surface area (TPSA) is 76.6 Å². The molecule has 98 valence electrons. The fraction of sp³-hybridized carbons (Fsp3) is 0.500. The van der Waals surface area contributed by atoms with E-state index >= 15 is 0 Å². The van der Waals surface area contributed by atoms with Crippen molar-refractivity contribution in [3.63, 3.8) is 0 Å². The van der Waals surface area contributed by atoms with E-state index < -0.39 is 5.91 Å². The molecule has 1 unspecified atom stereocenters. The molecule has 4 N–H and O–H groups in total. The molecule has 5 nitrogen and oxygen atoms in total. The maximum atomic E-state index is 11.6. The van der Waals surface area contributed by atoms with Crippen LogP contribution in [0.15, 0.2) is 0 Å². The van der Waals surface area contributed by atoms with Gasteiger partial charge in [-0.25, -0.2) is 0 Å². The SMILES string of the molecule is CC[NH+]1CCc2c(sc(NC(C)=O)c2C(N)=O)C1. The van der Waals surface area contributed by atoms with Crippen molar-refractivity contribution < 1.29 is 14.5 Å². The summed E-state index contributed by atoms with van der Waals surface area (Å²) in [5, 5.41) is 3.32. The molecule has 6 heteroatoms. The number of primary amides is 1. The molecule has 1 aliphatic rings. The van der Waals surface area contributed by atoms with Gasteiger partial charge in [0.2, 0.25) is 5.91 Å². The molecular formula is C12H18N3O2S+. The van der Waals surface area contributed by atoms with Gasteiger partial charge >= 0.3 is 0 Å². The highest BCUT2D eigenvalue weighted by Crippen LogP contribution is 2.34. The van der Waals surface area contributed by atoms with Crippen molar-refractivity contribution in [1.82, 2.24) is 0 Å². The summed E-state index contributed by atoms with van der Waals surface area (Å²) in [5.74, 6) is -0.619. The summed E-state index contributed by atoms with van der Waals surface area (Å²) >= 11 is 1.48. The summed E-state index contributed by atoms with van der Waals surface area (Å²) in [5.41, 5.74) is 6.99. The van der Waals surface area contributed by atoms with Crippen molar-refractivity contribution in [2.24, 2.45) is 5.73 Å². The Morgan fingerprint density at radius 3 is 2.78 bits per heavy atom. The number of anilines is 1. The number of hydrogen-bond acceptors (Lipinski definition) is 3. The number of hydrogen-bond donors (Lipinski definition) is 3. The molecule has 0 fully saturated rings. The zero-order chi connectivity index (χ0) is 13.3. The van der Waals surface area contributed by atoms with Crippen LogP contribution in [0, 0.1) is 0 Å². The van der Waals surface area contributed by atoms with Gasteiger partial charge in [-0.1, -0.05) is 0 Å². The summed E-state index contributed by atoms with van der Waals surface area (Å²) in [4.78, 5) is 25.4. The minimum Gasteiger partial charge on any atom is -0.365 e. The van der Waals surface area contributed by atoms with Crippen molar-refractivity contribution in [2.45, 2.75) is 26.8 Å². The number of carbonyl (C=O) groups is 2. The average molecular weight is 268 g/mol. The smallest absolute Gasteiger partial charge is 0.252 e. The molecule has 1 aliphatic heterocycles. The molecular weight excluding hydrogens is 250 g/mol. The number of nitrogens with two attached hydrogens (primary N) is 1. The molecule has 2 rings (SSSR count). The first-order chi connectivity index (χ1) is 8.52. The highest BCUT2D eigenvalue weighted by molar-refractivity contribution is 7.17. The van der Waals surface area contributed by atoms with Crippen LogP contribution in [-0.4, -0.2) is 24.9 Å². The third-order valence-corrected chi connectivity index (χ3v) is 4.41. The lowest BCUT2D eigenvalue weighted by Gasteiger charge is -2.22. The highest BCUT2D eigenvalue weighted by Gasteiger charge is 2.28. The Labute approximate surface area is 110 Å². The molecule has 2 amide bonds. The Hall–Kier alpha value is -1.40. The maximum absolute atomic E-state index is 11.6. The van der Waals surface area contributed by atoms with Gasteiger partial charge in [0.05, 0.1) is 23.5 Å². The van der Waals surface area contributed by atoms with Gasteiger partial charge in [0.15, 0.2) is 0 Å². The van der Waals surface area contributed by atoms with E-state index in [2.05, 4.69) is 12.2 Å². The van der Waals surface area contributed by atoms with E-state index in [1.807, 2.05) is 0 Å². The fourth-order valence-corrected chi connectivity index (χ4v) is 3.72. The van der Waals surface area contributed by atoms with Crippen LogP contribution in [0.3, 0.4) is 0 Å². The van der Waals surface area contributed by atoms with E-state index in [9.17, 15) is 9.59 Å². The molecule has 1 aromatic rings. The van der Waals surface area contributed by atoms with Gasteiger partial charge in [-0.3, -0.25) is 9.59 Å². The molecule has 1 aromatic heterocycles. The quantitative estimate of drug-likeness (QED) is 0.708. The van der Waals surface area contributed by atoms with Crippen molar-refractivity contribution in [2.75, 3.05) is 18.4 Å². The van der Waals surface area contributed by atoms with Gasteiger partial charge in [-0.05, 0) is 12.5 Å². The molecule has 2 heterocycles. The molecule has 0 aromatic carbocycles. The van der Waals surface area contributed by atoms with Crippen LogP contribution in [0.1, 0.15) is 34.6 Å². The second-order valence-corrected chi connectivity index (χ2v) is 5.64. The Bertz CT molecular complexity index is 496. The van der Waals surface area contributed by atoms with Crippen LogP contribution < -0.4 is 16.0 Å². The number of carbonyl (C=O) groups excluding carboxylic acids is 2. The fourth-order valence-electron chi connectivity index (χ4n) is 2.35. The van der Waals surface area contributed by atoms with Crippen molar-refractivity contribution in [3.05, 3.63) is 16.0 Å². The normalized spacial score (nSPS) is 18.2. The monoisotopic (exact) mass is 268 g/mol. The molecule has 0 saturated carbocycles. The summed E-state index contributed by atoms with van der Waals surface area (Å²) in [6.45, 7) is 6.58. The Balaban J connectivity index is 2.40. The number of quaternary nitrogens is 1. The minimum absolute atomic E-state index is 0.171. The lowest BCUT2D eigenvalue weighted by Crippen LogP contribution is -3.11. The number of nitrogens with one attached hydrogen (secondary N) is 2. The first-order valence-corrected chi connectivity index (χ1v) is 6.90. The second kappa shape index (κ2) is 5.07.